The molecule has 2 aliphatic rings. The van der Waals surface area contributed by atoms with Crippen molar-refractivity contribution in [2.24, 2.45) is 5.92 Å². The number of Topliss-reactive ketones (excluding diaryl/α,β-unsaturated/α-hetero) is 1. The Morgan fingerprint density at radius 2 is 2.09 bits per heavy atom. The summed E-state index contributed by atoms with van der Waals surface area (Å²) in [5.41, 5.74) is 6.86. The SMILES string of the molecule is Nc1nc(NC2=CC=C(Cl)CC=C2)sc1C(=O)C1CCCCC1. The topological polar surface area (TPSA) is 68.0 Å². The summed E-state index contributed by atoms with van der Waals surface area (Å²) in [7, 11) is 0. The Balaban J connectivity index is 1.74. The number of hydrogen-bond acceptors (Lipinski definition) is 5. The fraction of sp³-hybridized carbons (Fsp3) is 0.412. The number of carbonyl (C=O) groups is 1. The van der Waals surface area contributed by atoms with Gasteiger partial charge in [0.2, 0.25) is 0 Å². The summed E-state index contributed by atoms with van der Waals surface area (Å²) < 4.78 is 0. The number of nitrogens with zero attached hydrogens (tertiary/aromatic N) is 1. The van der Waals surface area contributed by atoms with Gasteiger partial charge in [-0.1, -0.05) is 48.3 Å². The van der Waals surface area contributed by atoms with Gasteiger partial charge in [-0.3, -0.25) is 4.79 Å². The molecule has 122 valence electrons. The molecule has 3 rings (SSSR count). The molecule has 0 atom stereocenters. The Kier molecular flexibility index (Phi) is 5.18. The number of allylic oxidation sites excluding steroid dienone is 5. The van der Waals surface area contributed by atoms with E-state index in [1.807, 2.05) is 24.3 Å². The van der Waals surface area contributed by atoms with E-state index >= 15 is 0 Å². The van der Waals surface area contributed by atoms with Gasteiger partial charge in [-0.25, -0.2) is 4.98 Å². The summed E-state index contributed by atoms with van der Waals surface area (Å²) in [4.78, 5) is 17.5. The molecular formula is C17H20ClN3OS. The van der Waals surface area contributed by atoms with E-state index in [4.69, 9.17) is 17.3 Å². The number of nitrogens with two attached hydrogens (primary N) is 1. The van der Waals surface area contributed by atoms with Gasteiger partial charge in [-0.2, -0.15) is 0 Å². The second-order valence-electron chi connectivity index (χ2n) is 5.90. The number of thiazole rings is 1. The Labute approximate surface area is 145 Å². The van der Waals surface area contributed by atoms with Crippen LogP contribution in [0.4, 0.5) is 10.9 Å². The molecule has 4 nitrogen and oxygen atoms in total. The van der Waals surface area contributed by atoms with Crippen LogP contribution in [0.15, 0.2) is 35.0 Å². The van der Waals surface area contributed by atoms with Crippen molar-refractivity contribution in [2.45, 2.75) is 38.5 Å². The van der Waals surface area contributed by atoms with Crippen LogP contribution >= 0.6 is 22.9 Å². The van der Waals surface area contributed by atoms with Crippen LogP contribution in [0, 0.1) is 5.92 Å². The van der Waals surface area contributed by atoms with E-state index in [0.717, 1.165) is 36.4 Å². The number of halogens is 1. The van der Waals surface area contributed by atoms with Gasteiger partial charge < -0.3 is 11.1 Å². The normalized spacial score (nSPS) is 19.0. The zero-order valence-electron chi connectivity index (χ0n) is 12.8. The fourth-order valence-corrected chi connectivity index (χ4v) is 4.00. The summed E-state index contributed by atoms with van der Waals surface area (Å²) in [5, 5.41) is 4.63. The number of nitrogen functional groups attached to an aromatic ring is 1. The van der Waals surface area contributed by atoms with Gasteiger partial charge in [0, 0.05) is 23.1 Å². The molecular weight excluding hydrogens is 330 g/mol. The van der Waals surface area contributed by atoms with E-state index in [2.05, 4.69) is 10.3 Å². The van der Waals surface area contributed by atoms with E-state index in [0.29, 0.717) is 22.2 Å². The molecule has 0 aliphatic heterocycles. The molecule has 3 N–H and O–H groups in total. The van der Waals surface area contributed by atoms with Crippen molar-refractivity contribution in [1.29, 1.82) is 0 Å². The maximum absolute atomic E-state index is 12.6. The number of rotatable bonds is 4. The van der Waals surface area contributed by atoms with Crippen molar-refractivity contribution in [2.75, 3.05) is 11.1 Å². The van der Waals surface area contributed by atoms with Gasteiger partial charge in [0.05, 0.1) is 0 Å². The molecule has 6 heteroatoms. The second-order valence-corrected chi connectivity index (χ2v) is 7.38. The summed E-state index contributed by atoms with van der Waals surface area (Å²) in [6.07, 6.45) is 13.8. The Morgan fingerprint density at radius 1 is 1.30 bits per heavy atom. The minimum absolute atomic E-state index is 0.109. The lowest BCUT2D eigenvalue weighted by molar-refractivity contribution is 0.0894. The second kappa shape index (κ2) is 7.32. The molecule has 1 heterocycles. The molecule has 0 unspecified atom stereocenters. The number of ketones is 1. The first-order valence-corrected chi connectivity index (χ1v) is 9.13. The van der Waals surface area contributed by atoms with Gasteiger partial charge >= 0.3 is 0 Å². The number of anilines is 2. The third kappa shape index (κ3) is 4.03. The fourth-order valence-electron chi connectivity index (χ4n) is 2.92. The van der Waals surface area contributed by atoms with Crippen molar-refractivity contribution >= 4 is 39.7 Å². The third-order valence-corrected chi connectivity index (χ3v) is 5.44. The van der Waals surface area contributed by atoms with Crippen LogP contribution in [0.1, 0.15) is 48.2 Å². The number of carbonyl (C=O) groups excluding carboxylic acids is 1. The standard InChI is InChI=1S/C17H20ClN3OS/c18-12-7-4-8-13(10-9-12)20-17-21-16(19)15(23-17)14(22)11-5-2-1-3-6-11/h4,8-11H,1-3,5-7,19H2,(H,20,21). The lowest BCUT2D eigenvalue weighted by Gasteiger charge is -2.19. The maximum Gasteiger partial charge on any atom is 0.189 e. The van der Waals surface area contributed by atoms with Crippen LogP contribution in [0.25, 0.3) is 0 Å². The first-order chi connectivity index (χ1) is 11.1. The van der Waals surface area contributed by atoms with Crippen LogP contribution in [-0.2, 0) is 0 Å². The molecule has 1 saturated carbocycles. The summed E-state index contributed by atoms with van der Waals surface area (Å²) in [6.45, 7) is 0. The predicted molar refractivity (Wildman–Crippen MR) is 96.8 cm³/mol. The average Bonchev–Trinajstić information content (AvgIpc) is 2.79. The smallest absolute Gasteiger partial charge is 0.189 e. The molecule has 0 saturated heterocycles. The molecule has 2 aliphatic carbocycles. The molecule has 0 aromatic carbocycles. The first kappa shape index (κ1) is 16.3. The molecule has 0 radical (unpaired) electrons. The molecule has 1 aromatic rings. The lowest BCUT2D eigenvalue weighted by Crippen LogP contribution is -2.17. The van der Waals surface area contributed by atoms with Crippen LogP contribution in [-0.4, -0.2) is 10.8 Å². The molecule has 0 bridgehead atoms. The zero-order chi connectivity index (χ0) is 16.2. The van der Waals surface area contributed by atoms with Crippen LogP contribution in [0.3, 0.4) is 0 Å². The Bertz CT molecular complexity index is 684. The molecule has 1 fully saturated rings. The predicted octanol–water partition coefficient (Wildman–Crippen LogP) is 4.87. The van der Waals surface area contributed by atoms with Crippen LogP contribution in [0.5, 0.6) is 0 Å². The number of aromatic nitrogens is 1. The van der Waals surface area contributed by atoms with Gasteiger partial charge in [0.25, 0.3) is 0 Å². The highest BCUT2D eigenvalue weighted by Crippen LogP contribution is 2.33. The highest BCUT2D eigenvalue weighted by Gasteiger charge is 2.26. The van der Waals surface area contributed by atoms with Crippen LogP contribution < -0.4 is 11.1 Å². The van der Waals surface area contributed by atoms with E-state index in [1.54, 1.807) is 0 Å². The van der Waals surface area contributed by atoms with Crippen molar-refractivity contribution in [1.82, 2.24) is 4.98 Å². The molecule has 23 heavy (non-hydrogen) atoms. The number of nitrogens with one attached hydrogen (secondary N) is 1. The van der Waals surface area contributed by atoms with E-state index in [1.165, 1.54) is 17.8 Å². The van der Waals surface area contributed by atoms with E-state index in [9.17, 15) is 4.79 Å². The summed E-state index contributed by atoms with van der Waals surface area (Å²) in [5.74, 6) is 0.596. The summed E-state index contributed by atoms with van der Waals surface area (Å²) >= 11 is 7.34. The van der Waals surface area contributed by atoms with Gasteiger partial charge in [-0.15, -0.1) is 0 Å². The highest BCUT2D eigenvalue weighted by atomic mass is 35.5. The maximum atomic E-state index is 12.6. The largest absolute Gasteiger partial charge is 0.382 e. The molecule has 1 aromatic heterocycles. The minimum atomic E-state index is 0.109. The number of hydrogen-bond donors (Lipinski definition) is 2. The van der Waals surface area contributed by atoms with Crippen molar-refractivity contribution < 1.29 is 4.79 Å². The zero-order valence-corrected chi connectivity index (χ0v) is 14.4. The van der Waals surface area contributed by atoms with Gasteiger partial charge in [0.15, 0.2) is 10.9 Å². The van der Waals surface area contributed by atoms with Crippen LogP contribution in [0.2, 0.25) is 0 Å². The average molecular weight is 350 g/mol. The van der Waals surface area contributed by atoms with E-state index in [-0.39, 0.29) is 11.7 Å². The molecule has 0 amide bonds. The summed E-state index contributed by atoms with van der Waals surface area (Å²) in [6, 6.07) is 0. The monoisotopic (exact) mass is 349 g/mol. The van der Waals surface area contributed by atoms with Crippen molar-refractivity contribution in [3.05, 3.63) is 39.9 Å². The minimum Gasteiger partial charge on any atom is -0.382 e. The Hall–Kier alpha value is -1.59. The Morgan fingerprint density at radius 3 is 2.87 bits per heavy atom. The van der Waals surface area contributed by atoms with Crippen molar-refractivity contribution in [3.63, 3.8) is 0 Å². The van der Waals surface area contributed by atoms with Gasteiger partial charge in [-0.05, 0) is 31.1 Å². The van der Waals surface area contributed by atoms with Gasteiger partial charge in [0.1, 0.15) is 10.7 Å². The lowest BCUT2D eigenvalue weighted by atomic mass is 9.86. The highest BCUT2D eigenvalue weighted by molar-refractivity contribution is 7.18. The third-order valence-electron chi connectivity index (χ3n) is 4.16. The van der Waals surface area contributed by atoms with E-state index < -0.39 is 0 Å². The quantitative estimate of drug-likeness (QED) is 0.761. The molecule has 0 spiro atoms. The van der Waals surface area contributed by atoms with Crippen molar-refractivity contribution in [3.8, 4) is 0 Å². The first-order valence-electron chi connectivity index (χ1n) is 7.94.